The van der Waals surface area contributed by atoms with Crippen LogP contribution in [0.3, 0.4) is 0 Å². The molecule has 0 aromatic heterocycles. The van der Waals surface area contributed by atoms with Gasteiger partial charge in [0.15, 0.2) is 0 Å². The van der Waals surface area contributed by atoms with E-state index >= 15 is 0 Å². The van der Waals surface area contributed by atoms with Crippen LogP contribution in [0.1, 0.15) is 64.5 Å². The summed E-state index contributed by atoms with van der Waals surface area (Å²) >= 11 is 0. The second-order valence-corrected chi connectivity index (χ2v) is 9.96. The lowest BCUT2D eigenvalue weighted by Crippen LogP contribution is -2.25. The van der Waals surface area contributed by atoms with Crippen molar-refractivity contribution in [2.75, 3.05) is 37.2 Å². The highest BCUT2D eigenvalue weighted by atomic mass is 15.4. The van der Waals surface area contributed by atoms with E-state index in [4.69, 9.17) is 0 Å². The molecule has 0 spiro atoms. The third-order valence-corrected chi connectivity index (χ3v) is 6.94. The van der Waals surface area contributed by atoms with Crippen molar-refractivity contribution in [3.8, 4) is 11.1 Å². The van der Waals surface area contributed by atoms with E-state index in [0.29, 0.717) is 11.8 Å². The molecule has 0 aliphatic carbocycles. The van der Waals surface area contributed by atoms with Crippen LogP contribution >= 0.6 is 0 Å². The van der Waals surface area contributed by atoms with Gasteiger partial charge in [0.05, 0.1) is 13.3 Å². The van der Waals surface area contributed by atoms with Crippen molar-refractivity contribution in [3.05, 3.63) is 71.3 Å². The van der Waals surface area contributed by atoms with Crippen LogP contribution in [0.4, 0.5) is 11.4 Å². The van der Waals surface area contributed by atoms with Crippen LogP contribution < -0.4 is 9.80 Å². The van der Waals surface area contributed by atoms with Crippen LogP contribution in [0.2, 0.25) is 0 Å². The van der Waals surface area contributed by atoms with Gasteiger partial charge in [0.2, 0.25) is 0 Å². The molecule has 170 valence electrons. The molecule has 4 nitrogen and oxygen atoms in total. The Hall–Kier alpha value is -2.88. The van der Waals surface area contributed by atoms with E-state index in [0.717, 1.165) is 13.3 Å². The summed E-state index contributed by atoms with van der Waals surface area (Å²) in [6, 6.07) is 14.0. The van der Waals surface area contributed by atoms with Crippen LogP contribution in [-0.4, -0.2) is 37.2 Å². The molecule has 0 fully saturated rings. The number of nitrogens with zero attached hydrogens (tertiary/aromatic N) is 4. The fourth-order valence-corrected chi connectivity index (χ4v) is 4.81. The number of anilines is 2. The van der Waals surface area contributed by atoms with Crippen molar-refractivity contribution < 1.29 is 0 Å². The van der Waals surface area contributed by atoms with E-state index in [1.165, 1.54) is 45.0 Å². The fraction of sp³-hybridized carbons (Fsp3) is 0.429. The van der Waals surface area contributed by atoms with Gasteiger partial charge in [-0.1, -0.05) is 45.9 Å². The summed E-state index contributed by atoms with van der Waals surface area (Å²) in [6.07, 6.45) is 4.33. The van der Waals surface area contributed by atoms with Crippen molar-refractivity contribution in [1.82, 2.24) is 9.80 Å². The molecule has 2 aromatic carbocycles. The van der Waals surface area contributed by atoms with E-state index in [1.807, 2.05) is 0 Å². The van der Waals surface area contributed by atoms with Crippen molar-refractivity contribution >= 4 is 11.4 Å². The Morgan fingerprint density at radius 1 is 0.750 bits per heavy atom. The van der Waals surface area contributed by atoms with Gasteiger partial charge in [-0.05, 0) is 66.1 Å². The molecule has 0 amide bonds. The molecule has 0 atom stereocenters. The molecule has 0 saturated carbocycles. The standard InChI is InChI=1S/C28H38N4/c1-19(2)26-10-9-11-27(20(3)4)28(26)23-14-24(31-13-12-29(7)17-31)16-25(15-23)32-18-30(8)21(5)22(32)6/h9-16,19-20H,17-18H2,1-8H3. The summed E-state index contributed by atoms with van der Waals surface area (Å²) in [5.41, 5.74) is 10.7. The Morgan fingerprint density at radius 3 is 1.88 bits per heavy atom. The molecule has 4 rings (SSSR count). The van der Waals surface area contributed by atoms with Crippen molar-refractivity contribution in [3.63, 3.8) is 0 Å². The Bertz CT molecular complexity index is 1040. The second-order valence-electron chi connectivity index (χ2n) is 9.96. The quantitative estimate of drug-likeness (QED) is 0.520. The third kappa shape index (κ3) is 3.99. The maximum absolute atomic E-state index is 2.44. The van der Waals surface area contributed by atoms with Crippen LogP contribution in [0.25, 0.3) is 11.1 Å². The molecule has 4 heteroatoms. The maximum Gasteiger partial charge on any atom is 0.0943 e. The Balaban J connectivity index is 1.93. The van der Waals surface area contributed by atoms with E-state index in [1.54, 1.807) is 0 Å². The monoisotopic (exact) mass is 430 g/mol. The summed E-state index contributed by atoms with van der Waals surface area (Å²) in [5.74, 6) is 0.936. The lowest BCUT2D eigenvalue weighted by atomic mass is 9.84. The van der Waals surface area contributed by atoms with Crippen LogP contribution in [-0.2, 0) is 0 Å². The molecular weight excluding hydrogens is 392 g/mol. The summed E-state index contributed by atoms with van der Waals surface area (Å²) in [6.45, 7) is 15.4. The Morgan fingerprint density at radius 2 is 1.38 bits per heavy atom. The highest BCUT2D eigenvalue weighted by Gasteiger charge is 2.25. The number of rotatable bonds is 5. The molecule has 0 saturated heterocycles. The lowest BCUT2D eigenvalue weighted by Gasteiger charge is -2.27. The van der Waals surface area contributed by atoms with E-state index in [9.17, 15) is 0 Å². The first-order valence-corrected chi connectivity index (χ1v) is 11.8. The first-order chi connectivity index (χ1) is 15.2. The zero-order chi connectivity index (χ0) is 23.2. The smallest absolute Gasteiger partial charge is 0.0943 e. The van der Waals surface area contributed by atoms with Gasteiger partial charge in [-0.25, -0.2) is 0 Å². The number of hydrogen-bond donors (Lipinski definition) is 0. The van der Waals surface area contributed by atoms with Gasteiger partial charge in [0.1, 0.15) is 0 Å². The first kappa shape index (κ1) is 22.3. The minimum atomic E-state index is 0.468. The highest BCUT2D eigenvalue weighted by Crippen LogP contribution is 2.41. The number of allylic oxidation sites excluding steroid dienone is 2. The van der Waals surface area contributed by atoms with Crippen molar-refractivity contribution in [2.24, 2.45) is 0 Å². The van der Waals surface area contributed by atoms with Crippen LogP contribution in [0.5, 0.6) is 0 Å². The van der Waals surface area contributed by atoms with Gasteiger partial charge >= 0.3 is 0 Å². The molecule has 2 heterocycles. The third-order valence-electron chi connectivity index (χ3n) is 6.94. The molecule has 2 aromatic rings. The van der Waals surface area contributed by atoms with Gasteiger partial charge in [-0.15, -0.1) is 0 Å². The summed E-state index contributed by atoms with van der Waals surface area (Å²) in [7, 11) is 4.30. The lowest BCUT2D eigenvalue weighted by molar-refractivity contribution is 0.460. The largest absolute Gasteiger partial charge is 0.361 e. The summed E-state index contributed by atoms with van der Waals surface area (Å²) in [4.78, 5) is 9.32. The highest BCUT2D eigenvalue weighted by molar-refractivity contribution is 5.80. The average molecular weight is 431 g/mol. The molecule has 0 bridgehead atoms. The number of hydrogen-bond acceptors (Lipinski definition) is 4. The molecule has 2 aliphatic rings. The fourth-order valence-electron chi connectivity index (χ4n) is 4.81. The second kappa shape index (κ2) is 8.57. The zero-order valence-corrected chi connectivity index (χ0v) is 21.0. The molecule has 32 heavy (non-hydrogen) atoms. The van der Waals surface area contributed by atoms with Gasteiger partial charge in [0.25, 0.3) is 0 Å². The minimum absolute atomic E-state index is 0.468. The van der Waals surface area contributed by atoms with E-state index in [2.05, 4.69) is 124 Å². The SMILES string of the molecule is CC1=C(C)N(c2cc(-c3c(C(C)C)cccc3C(C)C)cc(N3C=CN(C)C3)c2)CN1C. The van der Waals surface area contributed by atoms with Crippen molar-refractivity contribution in [2.45, 2.75) is 53.4 Å². The van der Waals surface area contributed by atoms with Gasteiger partial charge in [0, 0.05) is 49.3 Å². The van der Waals surface area contributed by atoms with E-state index < -0.39 is 0 Å². The van der Waals surface area contributed by atoms with Crippen molar-refractivity contribution in [1.29, 1.82) is 0 Å². The van der Waals surface area contributed by atoms with Gasteiger partial charge in [-0.3, -0.25) is 0 Å². The van der Waals surface area contributed by atoms with Crippen LogP contribution in [0.15, 0.2) is 60.2 Å². The zero-order valence-electron chi connectivity index (χ0n) is 21.0. The molecular formula is C28H38N4. The predicted octanol–water partition coefficient (Wildman–Crippen LogP) is 6.74. The van der Waals surface area contributed by atoms with Gasteiger partial charge < -0.3 is 19.6 Å². The van der Waals surface area contributed by atoms with E-state index in [-0.39, 0.29) is 0 Å². The van der Waals surface area contributed by atoms with Gasteiger partial charge in [-0.2, -0.15) is 0 Å². The summed E-state index contributed by atoms with van der Waals surface area (Å²) in [5, 5.41) is 0. The Labute approximate surface area is 194 Å². The Kier molecular flexibility index (Phi) is 5.98. The predicted molar refractivity (Wildman–Crippen MR) is 138 cm³/mol. The molecule has 2 aliphatic heterocycles. The van der Waals surface area contributed by atoms with Crippen LogP contribution in [0, 0.1) is 0 Å². The average Bonchev–Trinajstić information content (AvgIpc) is 3.31. The maximum atomic E-state index is 2.44. The molecule has 0 unspecified atom stereocenters. The number of benzene rings is 2. The first-order valence-electron chi connectivity index (χ1n) is 11.8. The minimum Gasteiger partial charge on any atom is -0.361 e. The summed E-state index contributed by atoms with van der Waals surface area (Å²) < 4.78 is 0. The molecule has 0 N–H and O–H groups in total. The topological polar surface area (TPSA) is 13.0 Å². The normalized spacial score (nSPS) is 16.6. The molecule has 0 radical (unpaired) electrons.